The van der Waals surface area contributed by atoms with Crippen LogP contribution in [0.5, 0.6) is 5.75 Å². The van der Waals surface area contributed by atoms with Crippen molar-refractivity contribution in [2.75, 3.05) is 7.11 Å². The fourth-order valence-electron chi connectivity index (χ4n) is 1.91. The molecule has 0 unspecified atom stereocenters. The molecule has 0 spiro atoms. The fraction of sp³-hybridized carbons (Fsp3) is 0.267. The summed E-state index contributed by atoms with van der Waals surface area (Å²) in [5.41, 5.74) is 1.95. The van der Waals surface area contributed by atoms with Gasteiger partial charge in [-0.05, 0) is 24.6 Å². The maximum atomic E-state index is 5.62. The topological polar surface area (TPSA) is 74.2 Å². The third-order valence-electron chi connectivity index (χ3n) is 2.98. The van der Waals surface area contributed by atoms with E-state index in [1.54, 1.807) is 7.11 Å². The number of hydrogen-bond acceptors (Lipinski definition) is 7. The molecule has 0 radical (unpaired) electrons. The number of benzene rings is 1. The molecule has 0 saturated carbocycles. The van der Waals surface area contributed by atoms with Crippen LogP contribution in [0.2, 0.25) is 0 Å². The lowest BCUT2D eigenvalue weighted by atomic mass is 10.1. The number of aryl methyl sites for hydroxylation is 1. The van der Waals surface area contributed by atoms with Crippen LogP contribution in [0.15, 0.2) is 44.5 Å². The highest BCUT2D eigenvalue weighted by Gasteiger charge is 2.09. The van der Waals surface area contributed by atoms with Crippen LogP contribution in [0, 0.1) is 6.92 Å². The maximum Gasteiger partial charge on any atom is 0.276 e. The van der Waals surface area contributed by atoms with Crippen LogP contribution < -0.4 is 4.74 Å². The Bertz CT molecular complexity index is 737. The molecule has 0 aliphatic heterocycles. The van der Waals surface area contributed by atoms with Gasteiger partial charge in [0.2, 0.25) is 5.89 Å². The highest BCUT2D eigenvalue weighted by atomic mass is 32.2. The fourth-order valence-corrected chi connectivity index (χ4v) is 2.57. The predicted molar refractivity (Wildman–Crippen MR) is 80.9 cm³/mol. The third-order valence-corrected chi connectivity index (χ3v) is 3.84. The van der Waals surface area contributed by atoms with E-state index in [2.05, 4.69) is 15.4 Å². The van der Waals surface area contributed by atoms with Gasteiger partial charge in [0.1, 0.15) is 11.5 Å². The van der Waals surface area contributed by atoms with Crippen LogP contribution in [0.4, 0.5) is 0 Å². The van der Waals surface area contributed by atoms with Gasteiger partial charge in [-0.1, -0.05) is 29.1 Å². The zero-order valence-electron chi connectivity index (χ0n) is 12.3. The van der Waals surface area contributed by atoms with Gasteiger partial charge in [0.25, 0.3) is 5.22 Å². The smallest absolute Gasteiger partial charge is 0.276 e. The van der Waals surface area contributed by atoms with E-state index in [0.717, 1.165) is 22.8 Å². The molecule has 0 atom stereocenters. The van der Waals surface area contributed by atoms with Crippen molar-refractivity contribution in [3.05, 3.63) is 53.2 Å². The van der Waals surface area contributed by atoms with Crippen LogP contribution in [0.1, 0.15) is 22.9 Å². The van der Waals surface area contributed by atoms with E-state index in [1.807, 2.05) is 37.3 Å². The molecule has 114 valence electrons. The molecule has 3 aromatic rings. The van der Waals surface area contributed by atoms with Gasteiger partial charge in [0.15, 0.2) is 0 Å². The van der Waals surface area contributed by atoms with Crippen molar-refractivity contribution in [3.8, 4) is 5.75 Å². The molecule has 0 bridgehead atoms. The molecular weight excluding hydrogens is 302 g/mol. The lowest BCUT2D eigenvalue weighted by Crippen LogP contribution is -1.89. The summed E-state index contributed by atoms with van der Waals surface area (Å²) in [6, 6.07) is 9.67. The SMILES string of the molecule is COc1ccc(Cc2nnc(SCc3cc(C)on3)o2)cc1. The van der Waals surface area contributed by atoms with Crippen molar-refractivity contribution in [1.29, 1.82) is 0 Å². The standard InChI is InChI=1S/C15H15N3O3S/c1-10-7-12(18-21-10)9-22-15-17-16-14(20-15)8-11-3-5-13(19-2)6-4-11/h3-7H,8-9H2,1-2H3. The lowest BCUT2D eigenvalue weighted by Gasteiger charge is -2.00. The van der Waals surface area contributed by atoms with E-state index >= 15 is 0 Å². The monoisotopic (exact) mass is 317 g/mol. The summed E-state index contributed by atoms with van der Waals surface area (Å²) in [7, 11) is 1.65. The van der Waals surface area contributed by atoms with E-state index in [9.17, 15) is 0 Å². The Morgan fingerprint density at radius 2 is 2.00 bits per heavy atom. The second kappa shape index (κ2) is 6.65. The molecule has 0 aliphatic rings. The molecule has 0 fully saturated rings. The van der Waals surface area contributed by atoms with Gasteiger partial charge >= 0.3 is 0 Å². The second-order valence-electron chi connectivity index (χ2n) is 4.70. The second-order valence-corrected chi connectivity index (χ2v) is 5.63. The summed E-state index contributed by atoms with van der Waals surface area (Å²) in [5, 5.41) is 12.5. The van der Waals surface area contributed by atoms with Crippen LogP contribution in [-0.2, 0) is 12.2 Å². The molecule has 0 N–H and O–H groups in total. The molecular formula is C15H15N3O3S. The number of thioether (sulfide) groups is 1. The Labute approximate surface area is 131 Å². The average Bonchev–Trinajstić information content (AvgIpc) is 3.15. The van der Waals surface area contributed by atoms with E-state index in [-0.39, 0.29) is 0 Å². The summed E-state index contributed by atoms with van der Waals surface area (Å²) in [5.74, 6) is 2.85. The van der Waals surface area contributed by atoms with Crippen molar-refractivity contribution in [2.45, 2.75) is 24.3 Å². The molecule has 0 aliphatic carbocycles. The van der Waals surface area contributed by atoms with Crippen LogP contribution in [-0.4, -0.2) is 22.5 Å². The molecule has 22 heavy (non-hydrogen) atoms. The Balaban J connectivity index is 1.58. The van der Waals surface area contributed by atoms with Gasteiger partial charge in [-0.2, -0.15) is 0 Å². The van der Waals surface area contributed by atoms with Gasteiger partial charge in [-0.3, -0.25) is 0 Å². The van der Waals surface area contributed by atoms with Crippen LogP contribution in [0.3, 0.4) is 0 Å². The van der Waals surface area contributed by atoms with E-state index in [4.69, 9.17) is 13.7 Å². The van der Waals surface area contributed by atoms with Gasteiger partial charge < -0.3 is 13.7 Å². The first kappa shape index (κ1) is 14.6. The van der Waals surface area contributed by atoms with E-state index in [0.29, 0.717) is 23.3 Å². The van der Waals surface area contributed by atoms with Gasteiger partial charge in [0.05, 0.1) is 19.2 Å². The van der Waals surface area contributed by atoms with E-state index < -0.39 is 0 Å². The number of nitrogens with zero attached hydrogens (tertiary/aromatic N) is 3. The van der Waals surface area contributed by atoms with Crippen LogP contribution in [0.25, 0.3) is 0 Å². The summed E-state index contributed by atoms with van der Waals surface area (Å²) in [4.78, 5) is 0. The zero-order chi connectivity index (χ0) is 15.4. The largest absolute Gasteiger partial charge is 0.497 e. The number of rotatable bonds is 6. The number of hydrogen-bond donors (Lipinski definition) is 0. The molecule has 2 aromatic heterocycles. The van der Waals surface area contributed by atoms with E-state index in [1.165, 1.54) is 11.8 Å². The number of ether oxygens (including phenoxy) is 1. The van der Waals surface area contributed by atoms with Crippen LogP contribution >= 0.6 is 11.8 Å². The summed E-state index contributed by atoms with van der Waals surface area (Å²) in [6.45, 7) is 1.86. The highest BCUT2D eigenvalue weighted by Crippen LogP contribution is 2.22. The molecule has 2 heterocycles. The number of methoxy groups -OCH3 is 1. The molecule has 0 amide bonds. The summed E-state index contributed by atoms with van der Waals surface area (Å²) < 4.78 is 15.8. The lowest BCUT2D eigenvalue weighted by molar-refractivity contribution is 0.392. The predicted octanol–water partition coefficient (Wildman–Crippen LogP) is 3.26. The molecule has 6 nitrogen and oxygen atoms in total. The minimum absolute atomic E-state index is 0.532. The Morgan fingerprint density at radius 1 is 1.18 bits per heavy atom. The van der Waals surface area contributed by atoms with Crippen molar-refractivity contribution in [2.24, 2.45) is 0 Å². The quantitative estimate of drug-likeness (QED) is 0.646. The highest BCUT2D eigenvalue weighted by molar-refractivity contribution is 7.98. The van der Waals surface area contributed by atoms with Gasteiger partial charge in [-0.25, -0.2) is 0 Å². The zero-order valence-corrected chi connectivity index (χ0v) is 13.1. The van der Waals surface area contributed by atoms with Gasteiger partial charge in [0, 0.05) is 11.8 Å². The Morgan fingerprint density at radius 3 is 2.68 bits per heavy atom. The normalized spacial score (nSPS) is 10.8. The third kappa shape index (κ3) is 3.67. The average molecular weight is 317 g/mol. The molecule has 0 saturated heterocycles. The van der Waals surface area contributed by atoms with Gasteiger partial charge in [-0.15, -0.1) is 10.2 Å². The molecule has 7 heteroatoms. The first-order valence-electron chi connectivity index (χ1n) is 6.73. The summed E-state index contributed by atoms with van der Waals surface area (Å²) in [6.07, 6.45) is 0.598. The first-order chi connectivity index (χ1) is 10.7. The van der Waals surface area contributed by atoms with Crippen molar-refractivity contribution in [1.82, 2.24) is 15.4 Å². The van der Waals surface area contributed by atoms with Crippen molar-refractivity contribution in [3.63, 3.8) is 0 Å². The number of aromatic nitrogens is 3. The minimum Gasteiger partial charge on any atom is -0.497 e. The minimum atomic E-state index is 0.532. The summed E-state index contributed by atoms with van der Waals surface area (Å²) >= 11 is 1.44. The first-order valence-corrected chi connectivity index (χ1v) is 7.72. The Hall–Kier alpha value is -2.28. The molecule has 1 aromatic carbocycles. The Kier molecular flexibility index (Phi) is 4.43. The maximum absolute atomic E-state index is 5.62. The van der Waals surface area contributed by atoms with Crippen molar-refractivity contribution < 1.29 is 13.7 Å². The molecule has 3 rings (SSSR count). The van der Waals surface area contributed by atoms with Crippen molar-refractivity contribution >= 4 is 11.8 Å².